The highest BCUT2D eigenvalue weighted by molar-refractivity contribution is 7.89. The van der Waals surface area contributed by atoms with Crippen molar-refractivity contribution >= 4 is 44.8 Å². The second-order valence-corrected chi connectivity index (χ2v) is 8.53. The van der Waals surface area contributed by atoms with E-state index in [1.165, 1.54) is 11.0 Å². The van der Waals surface area contributed by atoms with E-state index < -0.39 is 15.8 Å². The molecule has 0 bridgehead atoms. The van der Waals surface area contributed by atoms with Crippen LogP contribution in [-0.4, -0.2) is 31.3 Å². The highest BCUT2D eigenvalue weighted by Crippen LogP contribution is 2.24. The lowest BCUT2D eigenvalue weighted by molar-refractivity contribution is -0.117. The molecule has 0 aliphatic rings. The quantitative estimate of drug-likeness (QED) is 0.477. The number of rotatable bonds is 7. The van der Waals surface area contributed by atoms with Gasteiger partial charge in [-0.3, -0.25) is 4.79 Å². The van der Waals surface area contributed by atoms with Crippen molar-refractivity contribution in [3.8, 4) is 6.07 Å². The first-order valence-electron chi connectivity index (χ1n) is 9.52. The number of halogens is 1. The number of nitrogens with two attached hydrogens (primary N) is 1. The summed E-state index contributed by atoms with van der Waals surface area (Å²) in [6, 6.07) is 12.9. The molecule has 0 saturated carbocycles. The predicted molar refractivity (Wildman–Crippen MR) is 121 cm³/mol. The molecule has 3 rings (SSSR count). The Labute approximate surface area is 189 Å². The van der Waals surface area contributed by atoms with Crippen molar-refractivity contribution in [3.05, 3.63) is 60.0 Å². The fourth-order valence-corrected chi connectivity index (χ4v) is 3.67. The number of hydrogen-bond donors (Lipinski definition) is 3. The minimum atomic E-state index is -3.92. The second kappa shape index (κ2) is 9.60. The van der Waals surface area contributed by atoms with E-state index in [0.29, 0.717) is 22.6 Å². The molecule has 0 unspecified atom stereocenters. The van der Waals surface area contributed by atoms with Crippen LogP contribution in [-0.2, 0) is 14.8 Å². The van der Waals surface area contributed by atoms with Crippen molar-refractivity contribution < 1.29 is 17.6 Å². The molecule has 2 aromatic carbocycles. The molecule has 3 aromatic rings. The minimum Gasteiger partial charge on any atom is -0.338 e. The van der Waals surface area contributed by atoms with E-state index in [-0.39, 0.29) is 29.0 Å². The molecule has 0 fully saturated rings. The Morgan fingerprint density at radius 1 is 1.18 bits per heavy atom. The number of carbonyl (C=O) groups is 1. The summed E-state index contributed by atoms with van der Waals surface area (Å²) in [6.07, 6.45) is 0.729. The zero-order valence-corrected chi connectivity index (χ0v) is 18.5. The molecule has 12 heteroatoms. The topological polar surface area (TPSA) is 154 Å². The summed E-state index contributed by atoms with van der Waals surface area (Å²) in [5.41, 5.74) is 1.90. The molecule has 10 nitrogen and oxygen atoms in total. The molecule has 0 saturated heterocycles. The zero-order chi connectivity index (χ0) is 24.2. The van der Waals surface area contributed by atoms with E-state index >= 15 is 0 Å². The van der Waals surface area contributed by atoms with Crippen molar-refractivity contribution in [1.82, 2.24) is 9.97 Å². The largest absolute Gasteiger partial charge is 0.338 e. The molecule has 0 aliphatic carbocycles. The first kappa shape index (κ1) is 23.6. The van der Waals surface area contributed by atoms with Crippen LogP contribution in [0.4, 0.5) is 33.2 Å². The maximum atomic E-state index is 14.3. The number of nitriles is 1. The van der Waals surface area contributed by atoms with Gasteiger partial charge in [-0.25, -0.2) is 22.9 Å². The summed E-state index contributed by atoms with van der Waals surface area (Å²) in [4.78, 5) is 21.1. The Balaban J connectivity index is 1.79. The molecule has 4 N–H and O–H groups in total. The van der Waals surface area contributed by atoms with Crippen LogP contribution in [0.1, 0.15) is 12.0 Å². The number of carbonyl (C=O) groups excluding carboxylic acids is 1. The summed E-state index contributed by atoms with van der Waals surface area (Å²) < 4.78 is 37.7. The standard InChI is InChI=1S/C21H20FN7O3S/c1-13-3-4-15(11-18(13)33(24,31)32)27-21-25-12-17(22)20(28-21)26-14-5-7-16(8-6-14)29(2)19(30)9-10-23/h3-8,11-12H,9H2,1-2H3,(H2,24,31,32)(H2,25,26,27,28). The molecular formula is C21H20FN7O3S. The van der Waals surface area contributed by atoms with Crippen LogP contribution >= 0.6 is 0 Å². The Kier molecular flexibility index (Phi) is 6.86. The Bertz CT molecular complexity index is 1340. The van der Waals surface area contributed by atoms with Gasteiger partial charge in [-0.05, 0) is 48.9 Å². The molecule has 1 aromatic heterocycles. The molecule has 1 amide bonds. The molecule has 0 atom stereocenters. The number of anilines is 5. The van der Waals surface area contributed by atoms with Crippen LogP contribution in [0, 0.1) is 24.1 Å². The number of aryl methyl sites for hydroxylation is 1. The molecule has 0 spiro atoms. The Morgan fingerprint density at radius 2 is 1.85 bits per heavy atom. The molecular weight excluding hydrogens is 449 g/mol. The number of primary sulfonamides is 1. The van der Waals surface area contributed by atoms with Crippen molar-refractivity contribution in [2.75, 3.05) is 22.6 Å². The van der Waals surface area contributed by atoms with Crippen LogP contribution in [0.15, 0.2) is 53.6 Å². The van der Waals surface area contributed by atoms with Gasteiger partial charge in [-0.2, -0.15) is 10.2 Å². The van der Waals surface area contributed by atoms with Gasteiger partial charge in [0, 0.05) is 24.1 Å². The van der Waals surface area contributed by atoms with Crippen molar-refractivity contribution in [2.45, 2.75) is 18.2 Å². The number of sulfonamides is 1. The van der Waals surface area contributed by atoms with Crippen LogP contribution in [0.3, 0.4) is 0 Å². The van der Waals surface area contributed by atoms with Crippen LogP contribution in [0.5, 0.6) is 0 Å². The Hall–Kier alpha value is -4.08. The summed E-state index contributed by atoms with van der Waals surface area (Å²) in [5, 5.41) is 19.5. The average Bonchev–Trinajstić information content (AvgIpc) is 2.77. The number of aromatic nitrogens is 2. The second-order valence-electron chi connectivity index (χ2n) is 7.00. The summed E-state index contributed by atoms with van der Waals surface area (Å²) in [7, 11) is -2.36. The lowest BCUT2D eigenvalue weighted by Gasteiger charge is -2.16. The lowest BCUT2D eigenvalue weighted by atomic mass is 10.2. The third kappa shape index (κ3) is 5.79. The highest BCUT2D eigenvalue weighted by atomic mass is 32.2. The number of hydrogen-bond acceptors (Lipinski definition) is 8. The number of benzene rings is 2. The van der Waals surface area contributed by atoms with E-state index in [0.717, 1.165) is 6.20 Å². The molecule has 0 radical (unpaired) electrons. The average molecular weight is 470 g/mol. The Morgan fingerprint density at radius 3 is 2.48 bits per heavy atom. The van der Waals surface area contributed by atoms with Gasteiger partial charge >= 0.3 is 0 Å². The first-order valence-corrected chi connectivity index (χ1v) is 11.1. The fraction of sp³-hybridized carbons (Fsp3) is 0.143. The van der Waals surface area contributed by atoms with Gasteiger partial charge in [-0.15, -0.1) is 0 Å². The first-order chi connectivity index (χ1) is 15.6. The van der Waals surface area contributed by atoms with Gasteiger partial charge in [0.1, 0.15) is 6.42 Å². The summed E-state index contributed by atoms with van der Waals surface area (Å²) in [6.45, 7) is 1.61. The summed E-state index contributed by atoms with van der Waals surface area (Å²) in [5.74, 6) is -1.15. The van der Waals surface area contributed by atoms with E-state index in [1.807, 2.05) is 0 Å². The predicted octanol–water partition coefficient (Wildman–Crippen LogP) is 2.94. The van der Waals surface area contributed by atoms with Gasteiger partial charge in [0.2, 0.25) is 21.9 Å². The van der Waals surface area contributed by atoms with Gasteiger partial charge < -0.3 is 15.5 Å². The molecule has 1 heterocycles. The van der Waals surface area contributed by atoms with Crippen LogP contribution in [0.25, 0.3) is 0 Å². The molecule has 33 heavy (non-hydrogen) atoms. The zero-order valence-electron chi connectivity index (χ0n) is 17.7. The number of amides is 1. The third-order valence-electron chi connectivity index (χ3n) is 4.62. The lowest BCUT2D eigenvalue weighted by Crippen LogP contribution is -2.25. The van der Waals surface area contributed by atoms with Gasteiger partial charge in [0.05, 0.1) is 17.2 Å². The fourth-order valence-electron chi connectivity index (χ4n) is 2.86. The van der Waals surface area contributed by atoms with Crippen LogP contribution < -0.4 is 20.7 Å². The van der Waals surface area contributed by atoms with E-state index in [1.54, 1.807) is 56.4 Å². The molecule has 0 aliphatic heterocycles. The van der Waals surface area contributed by atoms with E-state index in [2.05, 4.69) is 20.6 Å². The van der Waals surface area contributed by atoms with Crippen molar-refractivity contribution in [1.29, 1.82) is 5.26 Å². The maximum absolute atomic E-state index is 14.3. The molecule has 170 valence electrons. The van der Waals surface area contributed by atoms with Gasteiger partial charge in [0.25, 0.3) is 0 Å². The van der Waals surface area contributed by atoms with E-state index in [4.69, 9.17) is 10.4 Å². The van der Waals surface area contributed by atoms with Crippen LogP contribution in [0.2, 0.25) is 0 Å². The smallest absolute Gasteiger partial charge is 0.240 e. The monoisotopic (exact) mass is 469 g/mol. The van der Waals surface area contributed by atoms with E-state index in [9.17, 15) is 17.6 Å². The highest BCUT2D eigenvalue weighted by Gasteiger charge is 2.14. The minimum absolute atomic E-state index is 0.0292. The SMILES string of the molecule is Cc1ccc(Nc2ncc(F)c(Nc3ccc(N(C)C(=O)CC#N)cc3)n2)cc1S(N)(=O)=O. The third-order valence-corrected chi connectivity index (χ3v) is 5.67. The van der Waals surface area contributed by atoms with Crippen molar-refractivity contribution in [2.24, 2.45) is 5.14 Å². The normalized spacial score (nSPS) is 10.9. The maximum Gasteiger partial charge on any atom is 0.240 e. The van der Waals surface area contributed by atoms with Gasteiger partial charge in [-0.1, -0.05) is 6.07 Å². The summed E-state index contributed by atoms with van der Waals surface area (Å²) >= 11 is 0. The van der Waals surface area contributed by atoms with Gasteiger partial charge in [0.15, 0.2) is 11.6 Å². The van der Waals surface area contributed by atoms with Crippen molar-refractivity contribution in [3.63, 3.8) is 0 Å². The number of nitrogens with zero attached hydrogens (tertiary/aromatic N) is 4. The number of nitrogens with one attached hydrogen (secondary N) is 2.